The van der Waals surface area contributed by atoms with Gasteiger partial charge in [-0.05, 0) is 31.4 Å². The van der Waals surface area contributed by atoms with E-state index in [2.05, 4.69) is 25.8 Å². The van der Waals surface area contributed by atoms with Gasteiger partial charge in [0, 0.05) is 37.4 Å². The number of H-pyrrole nitrogens is 1. The van der Waals surface area contributed by atoms with Crippen LogP contribution in [0.4, 0.5) is 11.6 Å². The Hall–Kier alpha value is -3.40. The lowest BCUT2D eigenvalue weighted by atomic mass is 10.1. The Bertz CT molecular complexity index is 1140. The predicted octanol–water partition coefficient (Wildman–Crippen LogP) is 2.50. The third-order valence-corrected chi connectivity index (χ3v) is 5.51. The molecule has 1 aliphatic heterocycles. The number of aromatic nitrogens is 4. The second-order valence-corrected chi connectivity index (χ2v) is 7.53. The Labute approximate surface area is 185 Å². The Morgan fingerprint density at radius 1 is 1.12 bits per heavy atom. The molecule has 0 bridgehead atoms. The number of fused-ring (bicyclic) bond motifs is 1. The summed E-state index contributed by atoms with van der Waals surface area (Å²) >= 11 is 0. The first-order valence-electron chi connectivity index (χ1n) is 10.7. The number of ether oxygens (including phenoxy) is 3. The van der Waals surface area contributed by atoms with Crippen molar-refractivity contribution in [1.82, 2.24) is 20.2 Å². The average Bonchev–Trinajstić information content (AvgIpc) is 2.84. The van der Waals surface area contributed by atoms with Crippen LogP contribution in [0.15, 0.2) is 23.0 Å². The fraction of sp³-hybridized carbons (Fsp3) is 0.455. The molecule has 1 aliphatic rings. The Morgan fingerprint density at radius 2 is 1.94 bits per heavy atom. The maximum absolute atomic E-state index is 12.5. The van der Waals surface area contributed by atoms with Gasteiger partial charge in [0.05, 0.1) is 19.9 Å². The van der Waals surface area contributed by atoms with Crippen LogP contribution in [0.3, 0.4) is 0 Å². The van der Waals surface area contributed by atoms with Crippen LogP contribution in [0.2, 0.25) is 0 Å². The molecule has 3 N–H and O–H groups in total. The molecule has 3 aromatic rings. The lowest BCUT2D eigenvalue weighted by molar-refractivity contribution is 0.0903. The number of benzene rings is 1. The number of methoxy groups -OCH3 is 2. The van der Waals surface area contributed by atoms with Crippen molar-refractivity contribution in [1.29, 1.82) is 0 Å². The van der Waals surface area contributed by atoms with Gasteiger partial charge in [-0.15, -0.1) is 0 Å². The summed E-state index contributed by atoms with van der Waals surface area (Å²) < 4.78 is 16.1. The van der Waals surface area contributed by atoms with E-state index < -0.39 is 0 Å². The smallest absolute Gasteiger partial charge is 0.292 e. The standard InChI is InChI=1S/C22H28N6O4/c1-4-16-20(24-14-7-9-32-10-8-14)26-19-18(25-16)21(27-28-22(19)29)23-12-13-5-6-15(30-2)11-17(13)31-3/h5-6,11,14H,4,7-10,12H2,1-3H3,(H,23,27)(H,24,26)(H,28,29). The minimum absolute atomic E-state index is 0.246. The molecule has 0 amide bonds. The average molecular weight is 441 g/mol. The second kappa shape index (κ2) is 9.82. The number of aryl methyl sites for hydroxylation is 1. The molecule has 32 heavy (non-hydrogen) atoms. The summed E-state index contributed by atoms with van der Waals surface area (Å²) in [6, 6.07) is 5.85. The Balaban J connectivity index is 1.64. The van der Waals surface area contributed by atoms with E-state index in [4.69, 9.17) is 19.2 Å². The van der Waals surface area contributed by atoms with Gasteiger partial charge >= 0.3 is 0 Å². The highest BCUT2D eigenvalue weighted by Gasteiger charge is 2.19. The number of hydrogen-bond acceptors (Lipinski definition) is 9. The van der Waals surface area contributed by atoms with Crippen molar-refractivity contribution in [2.45, 2.75) is 38.8 Å². The minimum atomic E-state index is -0.377. The van der Waals surface area contributed by atoms with Crippen molar-refractivity contribution in [3.63, 3.8) is 0 Å². The summed E-state index contributed by atoms with van der Waals surface area (Å²) in [4.78, 5) is 21.9. The number of hydrogen-bond donors (Lipinski definition) is 3. The summed E-state index contributed by atoms with van der Waals surface area (Å²) in [5.41, 5.74) is 2.02. The molecular formula is C22H28N6O4. The highest BCUT2D eigenvalue weighted by atomic mass is 16.5. The van der Waals surface area contributed by atoms with Gasteiger partial charge in [0.2, 0.25) is 0 Å². The molecular weight excluding hydrogens is 412 g/mol. The van der Waals surface area contributed by atoms with Gasteiger partial charge in [-0.1, -0.05) is 6.92 Å². The van der Waals surface area contributed by atoms with Crippen molar-refractivity contribution in [3.05, 3.63) is 39.8 Å². The van der Waals surface area contributed by atoms with Crippen molar-refractivity contribution >= 4 is 22.7 Å². The van der Waals surface area contributed by atoms with Crippen LogP contribution in [0.5, 0.6) is 11.5 Å². The fourth-order valence-corrected chi connectivity index (χ4v) is 3.70. The Kier molecular flexibility index (Phi) is 6.69. The van der Waals surface area contributed by atoms with Gasteiger partial charge in [0.1, 0.15) is 22.8 Å². The lowest BCUT2D eigenvalue weighted by Crippen LogP contribution is -2.29. The molecule has 1 saturated heterocycles. The third kappa shape index (κ3) is 4.59. The summed E-state index contributed by atoms with van der Waals surface area (Å²) in [6.45, 7) is 3.87. The topological polar surface area (TPSA) is 123 Å². The zero-order chi connectivity index (χ0) is 22.5. The number of nitrogens with one attached hydrogen (secondary N) is 3. The SMILES string of the molecule is CCc1nc2c(NCc3ccc(OC)cc3OC)n[nH]c(=O)c2nc1NC1CCOCC1. The van der Waals surface area contributed by atoms with Gasteiger partial charge in [-0.25, -0.2) is 15.1 Å². The number of nitrogens with zero attached hydrogens (tertiary/aromatic N) is 3. The molecule has 0 saturated carbocycles. The van der Waals surface area contributed by atoms with E-state index in [1.54, 1.807) is 14.2 Å². The van der Waals surface area contributed by atoms with Crippen LogP contribution in [-0.4, -0.2) is 53.6 Å². The largest absolute Gasteiger partial charge is 0.497 e. The fourth-order valence-electron chi connectivity index (χ4n) is 3.70. The van der Waals surface area contributed by atoms with Crippen LogP contribution in [-0.2, 0) is 17.7 Å². The maximum atomic E-state index is 12.5. The molecule has 10 nitrogen and oxygen atoms in total. The molecule has 0 aliphatic carbocycles. The van der Waals surface area contributed by atoms with Crippen molar-refractivity contribution in [2.75, 3.05) is 38.1 Å². The molecule has 3 heterocycles. The zero-order valence-electron chi connectivity index (χ0n) is 18.5. The number of aromatic amines is 1. The van der Waals surface area contributed by atoms with Crippen molar-refractivity contribution < 1.29 is 14.2 Å². The summed E-state index contributed by atoms with van der Waals surface area (Å²) in [6.07, 6.45) is 2.46. The molecule has 1 aromatic carbocycles. The predicted molar refractivity (Wildman–Crippen MR) is 122 cm³/mol. The number of rotatable bonds is 8. The molecule has 2 aromatic heterocycles. The first-order valence-corrected chi connectivity index (χ1v) is 10.7. The van der Waals surface area contributed by atoms with E-state index in [1.807, 2.05) is 25.1 Å². The van der Waals surface area contributed by atoms with Gasteiger partial charge in [0.25, 0.3) is 5.56 Å². The Morgan fingerprint density at radius 3 is 2.66 bits per heavy atom. The molecule has 4 rings (SSSR count). The van der Waals surface area contributed by atoms with E-state index in [9.17, 15) is 4.79 Å². The molecule has 0 unspecified atom stereocenters. The summed E-state index contributed by atoms with van der Waals surface area (Å²) in [5, 5.41) is 13.4. The summed E-state index contributed by atoms with van der Waals surface area (Å²) in [7, 11) is 3.22. The van der Waals surface area contributed by atoms with E-state index >= 15 is 0 Å². The van der Waals surface area contributed by atoms with Crippen LogP contribution in [0.1, 0.15) is 31.0 Å². The number of anilines is 2. The minimum Gasteiger partial charge on any atom is -0.497 e. The maximum Gasteiger partial charge on any atom is 0.292 e. The van der Waals surface area contributed by atoms with E-state index in [0.717, 1.165) is 24.1 Å². The van der Waals surface area contributed by atoms with Crippen LogP contribution in [0.25, 0.3) is 11.0 Å². The zero-order valence-corrected chi connectivity index (χ0v) is 18.5. The third-order valence-electron chi connectivity index (χ3n) is 5.51. The van der Waals surface area contributed by atoms with E-state index in [0.29, 0.717) is 54.8 Å². The van der Waals surface area contributed by atoms with Gasteiger partial charge < -0.3 is 24.8 Å². The normalized spacial score (nSPS) is 14.3. The van der Waals surface area contributed by atoms with Crippen molar-refractivity contribution in [2.24, 2.45) is 0 Å². The van der Waals surface area contributed by atoms with Gasteiger partial charge in [-0.2, -0.15) is 5.10 Å². The van der Waals surface area contributed by atoms with E-state index in [1.165, 1.54) is 0 Å². The van der Waals surface area contributed by atoms with Gasteiger partial charge in [0.15, 0.2) is 11.3 Å². The molecule has 170 valence electrons. The quantitative estimate of drug-likeness (QED) is 0.485. The van der Waals surface area contributed by atoms with Gasteiger partial charge in [-0.3, -0.25) is 4.79 Å². The van der Waals surface area contributed by atoms with Crippen LogP contribution in [0, 0.1) is 0 Å². The highest BCUT2D eigenvalue weighted by Crippen LogP contribution is 2.26. The van der Waals surface area contributed by atoms with Crippen LogP contribution >= 0.6 is 0 Å². The molecule has 0 spiro atoms. The molecule has 10 heteroatoms. The second-order valence-electron chi connectivity index (χ2n) is 7.53. The molecule has 0 atom stereocenters. The lowest BCUT2D eigenvalue weighted by Gasteiger charge is -2.24. The first kappa shape index (κ1) is 21.8. The van der Waals surface area contributed by atoms with Crippen LogP contribution < -0.4 is 25.7 Å². The monoisotopic (exact) mass is 440 g/mol. The van der Waals surface area contributed by atoms with Crippen molar-refractivity contribution in [3.8, 4) is 11.5 Å². The molecule has 0 radical (unpaired) electrons. The summed E-state index contributed by atoms with van der Waals surface area (Å²) in [5.74, 6) is 2.50. The van der Waals surface area contributed by atoms with E-state index in [-0.39, 0.29) is 17.1 Å². The highest BCUT2D eigenvalue weighted by molar-refractivity contribution is 5.85. The first-order chi connectivity index (χ1) is 15.6. The molecule has 1 fully saturated rings.